The first-order valence-electron chi connectivity index (χ1n) is 13.0. The van der Waals surface area contributed by atoms with Crippen LogP contribution in [0, 0.1) is 16.7 Å². The van der Waals surface area contributed by atoms with E-state index < -0.39 is 23.2 Å². The van der Waals surface area contributed by atoms with Crippen LogP contribution in [0.15, 0.2) is 41.4 Å². The zero-order valence-electron chi connectivity index (χ0n) is 22.5. The minimum absolute atomic E-state index is 0.00111. The summed E-state index contributed by atoms with van der Waals surface area (Å²) in [5, 5.41) is 9.48. The number of aromatic nitrogens is 2. The molecule has 206 valence electrons. The minimum atomic E-state index is -0.688. The van der Waals surface area contributed by atoms with E-state index in [-0.39, 0.29) is 17.5 Å². The molecule has 0 spiro atoms. The van der Waals surface area contributed by atoms with Gasteiger partial charge < -0.3 is 14.5 Å². The van der Waals surface area contributed by atoms with Crippen molar-refractivity contribution in [3.05, 3.63) is 63.5 Å². The van der Waals surface area contributed by atoms with E-state index in [2.05, 4.69) is 38.5 Å². The zero-order valence-corrected chi connectivity index (χ0v) is 24.9. The molecular formula is C29H33BrClN5O3. The average Bonchev–Trinajstić information content (AvgIpc) is 2.87. The number of benzene rings is 1. The first-order valence-corrected chi connectivity index (χ1v) is 14.2. The average molecular weight is 615 g/mol. The third-order valence-corrected chi connectivity index (χ3v) is 8.21. The van der Waals surface area contributed by atoms with Gasteiger partial charge in [-0.2, -0.15) is 5.26 Å². The molecule has 1 aliphatic heterocycles. The number of hydrogen-bond donors (Lipinski definition) is 0. The van der Waals surface area contributed by atoms with Crippen molar-refractivity contribution in [2.75, 3.05) is 24.5 Å². The standard InChI is InChI=1S/C29H33BrClN5O3/c1-5-12-29(17-19-8-6-7-9-22(19)30)13-10-21-23(24(29)37)33-26(31)34-25(21)35-15-16-36(20(18-35)11-14-32)27(38)39-28(2,3)4/h5-9,20H,1,10-13,15-18H2,2-4H3. The number of Topliss-reactive ketones (excluding diaryl/α,β-unsaturated/α-hetero) is 1. The Balaban J connectivity index is 1.65. The van der Waals surface area contributed by atoms with E-state index in [0.717, 1.165) is 15.6 Å². The van der Waals surface area contributed by atoms with Gasteiger partial charge in [0.05, 0.1) is 18.5 Å². The Bertz CT molecular complexity index is 1320. The lowest BCUT2D eigenvalue weighted by Crippen LogP contribution is -2.56. The fourth-order valence-corrected chi connectivity index (χ4v) is 6.05. The van der Waals surface area contributed by atoms with Crippen molar-refractivity contribution in [1.29, 1.82) is 5.26 Å². The molecule has 1 saturated heterocycles. The van der Waals surface area contributed by atoms with Gasteiger partial charge in [0, 0.05) is 35.1 Å². The molecule has 1 aromatic heterocycles. The van der Waals surface area contributed by atoms with Crippen molar-refractivity contribution in [2.45, 2.75) is 64.5 Å². The van der Waals surface area contributed by atoms with Crippen LogP contribution in [0.3, 0.4) is 0 Å². The number of fused-ring (bicyclic) bond motifs is 1. The second-order valence-corrected chi connectivity index (χ2v) is 12.3. The summed E-state index contributed by atoms with van der Waals surface area (Å²) in [4.78, 5) is 39.6. The summed E-state index contributed by atoms with van der Waals surface area (Å²) in [6.45, 7) is 10.6. The van der Waals surface area contributed by atoms with Crippen LogP contribution in [-0.2, 0) is 17.6 Å². The molecule has 1 aromatic carbocycles. The molecule has 1 amide bonds. The molecule has 8 nitrogen and oxygen atoms in total. The summed E-state index contributed by atoms with van der Waals surface area (Å²) < 4.78 is 6.54. The van der Waals surface area contributed by atoms with Crippen molar-refractivity contribution in [3.63, 3.8) is 0 Å². The van der Waals surface area contributed by atoms with Crippen molar-refractivity contribution in [3.8, 4) is 6.07 Å². The number of ether oxygens (including phenoxy) is 1. The van der Waals surface area contributed by atoms with E-state index in [0.29, 0.717) is 56.8 Å². The normalized spacial score (nSPS) is 21.2. The number of anilines is 1. The molecule has 1 aliphatic carbocycles. The van der Waals surface area contributed by atoms with E-state index >= 15 is 0 Å². The maximum atomic E-state index is 14.1. The Morgan fingerprint density at radius 2 is 2.08 bits per heavy atom. The van der Waals surface area contributed by atoms with Crippen molar-refractivity contribution >= 4 is 45.2 Å². The fourth-order valence-electron chi connectivity index (χ4n) is 5.46. The first-order chi connectivity index (χ1) is 18.5. The molecule has 0 N–H and O–H groups in total. The van der Waals surface area contributed by atoms with Gasteiger partial charge in [-0.1, -0.05) is 40.2 Å². The summed E-state index contributed by atoms with van der Waals surface area (Å²) in [5.41, 5.74) is 0.827. The summed E-state index contributed by atoms with van der Waals surface area (Å²) >= 11 is 10.0. The summed E-state index contributed by atoms with van der Waals surface area (Å²) in [5.74, 6) is 0.532. The van der Waals surface area contributed by atoms with Crippen LogP contribution in [0.5, 0.6) is 0 Å². The number of carbonyl (C=O) groups is 2. The number of rotatable bonds is 6. The molecule has 0 bridgehead atoms. The van der Waals surface area contributed by atoms with Crippen LogP contribution in [0.1, 0.15) is 61.6 Å². The number of carbonyl (C=O) groups excluding carboxylic acids is 2. The number of nitrogens with zero attached hydrogens (tertiary/aromatic N) is 5. The molecule has 2 atom stereocenters. The number of nitriles is 1. The number of halogens is 2. The molecule has 0 radical (unpaired) electrons. The predicted octanol–water partition coefficient (Wildman–Crippen LogP) is 6.17. The largest absolute Gasteiger partial charge is 0.444 e. The molecule has 10 heteroatoms. The van der Waals surface area contributed by atoms with Crippen molar-refractivity contribution in [2.24, 2.45) is 5.41 Å². The molecular weight excluding hydrogens is 582 g/mol. The van der Waals surface area contributed by atoms with Crippen LogP contribution < -0.4 is 4.90 Å². The Kier molecular flexibility index (Phi) is 8.67. The van der Waals surface area contributed by atoms with Gasteiger partial charge in [0.2, 0.25) is 5.28 Å². The summed E-state index contributed by atoms with van der Waals surface area (Å²) in [6.07, 6.45) is 3.78. The monoisotopic (exact) mass is 613 g/mol. The van der Waals surface area contributed by atoms with Crippen molar-refractivity contribution in [1.82, 2.24) is 14.9 Å². The number of amides is 1. The molecule has 4 rings (SSSR count). The molecule has 1 fully saturated rings. The van der Waals surface area contributed by atoms with Gasteiger partial charge in [0.15, 0.2) is 5.78 Å². The van der Waals surface area contributed by atoms with Gasteiger partial charge in [-0.15, -0.1) is 6.58 Å². The molecule has 2 heterocycles. The molecule has 2 aliphatic rings. The van der Waals surface area contributed by atoms with Gasteiger partial charge in [-0.25, -0.2) is 14.8 Å². The lowest BCUT2D eigenvalue weighted by atomic mass is 9.66. The van der Waals surface area contributed by atoms with E-state index in [1.807, 2.05) is 49.9 Å². The second-order valence-electron chi connectivity index (χ2n) is 11.1. The van der Waals surface area contributed by atoms with Crippen molar-refractivity contribution < 1.29 is 14.3 Å². The van der Waals surface area contributed by atoms with Crippen LogP contribution >= 0.6 is 27.5 Å². The number of allylic oxidation sites excluding steroid dienone is 1. The lowest BCUT2D eigenvalue weighted by Gasteiger charge is -2.43. The van der Waals surface area contributed by atoms with Crippen LogP contribution in [0.4, 0.5) is 10.6 Å². The molecule has 0 saturated carbocycles. The highest BCUT2D eigenvalue weighted by molar-refractivity contribution is 9.10. The SMILES string of the molecule is C=CCC1(Cc2ccccc2Br)CCc2c(nc(Cl)nc2N2CCN(C(=O)OC(C)(C)C)C(CC#N)C2)C1=O. The number of piperazine rings is 1. The van der Waals surface area contributed by atoms with Gasteiger partial charge in [-0.05, 0) is 69.7 Å². The lowest BCUT2D eigenvalue weighted by molar-refractivity contribution is 0.0145. The van der Waals surface area contributed by atoms with E-state index in [1.165, 1.54) is 0 Å². The third kappa shape index (κ3) is 6.28. The van der Waals surface area contributed by atoms with E-state index in [4.69, 9.17) is 16.3 Å². The van der Waals surface area contributed by atoms with Gasteiger partial charge in [0.25, 0.3) is 0 Å². The maximum Gasteiger partial charge on any atom is 0.410 e. The van der Waals surface area contributed by atoms with Gasteiger partial charge in [-0.3, -0.25) is 4.79 Å². The Labute approximate surface area is 243 Å². The molecule has 2 unspecified atom stereocenters. The summed E-state index contributed by atoms with van der Waals surface area (Å²) in [6, 6.07) is 9.71. The number of ketones is 1. The molecule has 2 aromatic rings. The second kappa shape index (κ2) is 11.6. The summed E-state index contributed by atoms with van der Waals surface area (Å²) in [7, 11) is 0. The predicted molar refractivity (Wildman–Crippen MR) is 154 cm³/mol. The highest BCUT2D eigenvalue weighted by Crippen LogP contribution is 2.44. The fraction of sp³-hybridized carbons (Fsp3) is 0.483. The zero-order chi connectivity index (χ0) is 28.4. The minimum Gasteiger partial charge on any atom is -0.444 e. The highest BCUT2D eigenvalue weighted by atomic mass is 79.9. The van der Waals surface area contributed by atoms with E-state index in [1.54, 1.807) is 11.0 Å². The number of hydrogen-bond acceptors (Lipinski definition) is 7. The molecule has 39 heavy (non-hydrogen) atoms. The maximum absolute atomic E-state index is 14.1. The van der Waals surface area contributed by atoms with Gasteiger partial charge in [0.1, 0.15) is 17.1 Å². The highest BCUT2D eigenvalue weighted by Gasteiger charge is 2.45. The Morgan fingerprint density at radius 1 is 1.33 bits per heavy atom. The topological polar surface area (TPSA) is 99.4 Å². The van der Waals surface area contributed by atoms with Gasteiger partial charge >= 0.3 is 6.09 Å². The van der Waals surface area contributed by atoms with Crippen LogP contribution in [-0.4, -0.2) is 58.0 Å². The smallest absolute Gasteiger partial charge is 0.410 e. The quantitative estimate of drug-likeness (QED) is 0.284. The van der Waals surface area contributed by atoms with Crippen LogP contribution in [0.25, 0.3) is 0 Å². The van der Waals surface area contributed by atoms with E-state index in [9.17, 15) is 14.9 Å². The Hall–Kier alpha value is -2.96. The van der Waals surface area contributed by atoms with Crippen LogP contribution in [0.2, 0.25) is 5.28 Å². The first kappa shape index (κ1) is 29.0. The Morgan fingerprint density at radius 3 is 2.74 bits per heavy atom. The third-order valence-electron chi connectivity index (χ3n) is 7.27.